The number of esters is 1. The molecule has 1 aliphatic rings. The number of hydrogen-bond acceptors (Lipinski definition) is 7. The molecule has 28 heavy (non-hydrogen) atoms. The van der Waals surface area contributed by atoms with E-state index in [1.54, 1.807) is 24.5 Å². The van der Waals surface area contributed by atoms with E-state index >= 15 is 0 Å². The van der Waals surface area contributed by atoms with Crippen molar-refractivity contribution in [1.82, 2.24) is 4.57 Å². The van der Waals surface area contributed by atoms with Gasteiger partial charge in [-0.2, -0.15) is 0 Å². The van der Waals surface area contributed by atoms with Gasteiger partial charge in [0.25, 0.3) is 5.56 Å². The zero-order chi connectivity index (χ0) is 19.8. The van der Waals surface area contributed by atoms with Crippen molar-refractivity contribution in [2.75, 3.05) is 6.61 Å². The first-order chi connectivity index (χ1) is 13.5. The number of rotatable bonds is 4. The van der Waals surface area contributed by atoms with E-state index in [1.165, 1.54) is 22.7 Å². The van der Waals surface area contributed by atoms with Gasteiger partial charge in [-0.15, -0.1) is 11.3 Å². The van der Waals surface area contributed by atoms with Gasteiger partial charge >= 0.3 is 5.97 Å². The standard InChI is InChI=1S/C19H15IN2O4S2/c1-3-25-18(24)15-10(2)21-19-22(16(15)12-5-4-8-27-12)17(23)13(28-19)9-11-6-7-14(20)26-11/h4-9,16H,3H2,1-2H3/b13-9+/t16-/m1/s1. The smallest absolute Gasteiger partial charge is 0.338 e. The highest BCUT2D eigenvalue weighted by Gasteiger charge is 2.33. The van der Waals surface area contributed by atoms with Gasteiger partial charge in [-0.25, -0.2) is 9.79 Å². The van der Waals surface area contributed by atoms with Gasteiger partial charge in [-0.05, 0) is 60.0 Å². The van der Waals surface area contributed by atoms with E-state index in [9.17, 15) is 9.59 Å². The number of carbonyl (C=O) groups is 1. The Morgan fingerprint density at radius 1 is 1.43 bits per heavy atom. The second kappa shape index (κ2) is 7.80. The number of thiophene rings is 1. The number of allylic oxidation sites excluding steroid dienone is 1. The van der Waals surface area contributed by atoms with Gasteiger partial charge in [0.15, 0.2) is 8.57 Å². The first-order valence-electron chi connectivity index (χ1n) is 8.48. The predicted octanol–water partition coefficient (Wildman–Crippen LogP) is 3.06. The molecular formula is C19H15IN2O4S2. The van der Waals surface area contributed by atoms with Crippen LogP contribution in [0.3, 0.4) is 0 Å². The van der Waals surface area contributed by atoms with E-state index in [0.29, 0.717) is 26.4 Å². The number of fused-ring (bicyclic) bond motifs is 1. The Kier molecular flexibility index (Phi) is 5.39. The SMILES string of the molecule is CCOC(=O)C1=C(C)N=c2s/c(=C/c3ccc(I)o3)c(=O)n2[C@@H]1c1cccs1. The molecule has 9 heteroatoms. The maximum absolute atomic E-state index is 13.2. The predicted molar refractivity (Wildman–Crippen MR) is 116 cm³/mol. The summed E-state index contributed by atoms with van der Waals surface area (Å²) in [7, 11) is 0. The molecule has 0 amide bonds. The third-order valence-corrected chi connectivity index (χ3v) is 6.68. The van der Waals surface area contributed by atoms with E-state index in [2.05, 4.69) is 27.6 Å². The fraction of sp³-hybridized carbons (Fsp3) is 0.211. The number of ether oxygens (including phenoxy) is 1. The third kappa shape index (κ3) is 3.42. The van der Waals surface area contributed by atoms with Crippen LogP contribution in [-0.2, 0) is 9.53 Å². The summed E-state index contributed by atoms with van der Waals surface area (Å²) in [5.74, 6) is 0.153. The fourth-order valence-electron chi connectivity index (χ4n) is 3.04. The number of halogens is 1. The van der Waals surface area contributed by atoms with Crippen LogP contribution >= 0.6 is 45.3 Å². The Morgan fingerprint density at radius 2 is 2.25 bits per heavy atom. The van der Waals surface area contributed by atoms with Crippen molar-refractivity contribution in [2.45, 2.75) is 19.9 Å². The van der Waals surface area contributed by atoms with Gasteiger partial charge in [-0.3, -0.25) is 9.36 Å². The lowest BCUT2D eigenvalue weighted by Crippen LogP contribution is -2.39. The van der Waals surface area contributed by atoms with E-state index in [1.807, 2.05) is 29.6 Å². The summed E-state index contributed by atoms with van der Waals surface area (Å²) < 4.78 is 13.6. The van der Waals surface area contributed by atoms with Gasteiger partial charge in [0, 0.05) is 11.0 Å². The Hall–Kier alpha value is -1.98. The molecule has 4 rings (SSSR count). The van der Waals surface area contributed by atoms with Crippen LogP contribution in [0.2, 0.25) is 0 Å². The highest BCUT2D eigenvalue weighted by molar-refractivity contribution is 14.1. The van der Waals surface area contributed by atoms with Crippen LogP contribution in [0.1, 0.15) is 30.5 Å². The Labute approximate surface area is 181 Å². The summed E-state index contributed by atoms with van der Waals surface area (Å²) in [6, 6.07) is 6.92. The largest absolute Gasteiger partial charge is 0.463 e. The first kappa shape index (κ1) is 19.3. The van der Waals surface area contributed by atoms with Crippen molar-refractivity contribution in [3.8, 4) is 0 Å². The zero-order valence-electron chi connectivity index (χ0n) is 15.0. The quantitative estimate of drug-likeness (QED) is 0.387. The Morgan fingerprint density at radius 3 is 2.89 bits per heavy atom. The van der Waals surface area contributed by atoms with Crippen molar-refractivity contribution in [3.05, 3.63) is 75.0 Å². The molecule has 0 aromatic carbocycles. The van der Waals surface area contributed by atoms with Crippen molar-refractivity contribution >= 4 is 57.3 Å². The average Bonchev–Trinajstić information content (AvgIpc) is 3.37. The molecule has 1 atom stereocenters. The van der Waals surface area contributed by atoms with Gasteiger partial charge in [0.05, 0.1) is 22.4 Å². The molecule has 4 heterocycles. The lowest BCUT2D eigenvalue weighted by Gasteiger charge is -2.23. The van der Waals surface area contributed by atoms with E-state index in [4.69, 9.17) is 9.15 Å². The van der Waals surface area contributed by atoms with E-state index in [-0.39, 0.29) is 12.2 Å². The molecule has 3 aromatic rings. The fourth-order valence-corrected chi connectivity index (χ4v) is 5.33. The topological polar surface area (TPSA) is 73.8 Å². The van der Waals surface area contributed by atoms with Crippen molar-refractivity contribution in [3.63, 3.8) is 0 Å². The van der Waals surface area contributed by atoms with E-state index in [0.717, 1.165) is 8.64 Å². The van der Waals surface area contributed by atoms with Gasteiger partial charge in [0.1, 0.15) is 11.8 Å². The number of carbonyl (C=O) groups excluding carboxylic acids is 1. The molecule has 0 radical (unpaired) electrons. The lowest BCUT2D eigenvalue weighted by atomic mass is 10.0. The summed E-state index contributed by atoms with van der Waals surface area (Å²) in [6.45, 7) is 3.79. The van der Waals surface area contributed by atoms with Gasteiger partial charge in [-0.1, -0.05) is 17.4 Å². The minimum Gasteiger partial charge on any atom is -0.463 e. The molecule has 0 bridgehead atoms. The normalized spacial score (nSPS) is 16.8. The summed E-state index contributed by atoms with van der Waals surface area (Å²) in [5.41, 5.74) is 0.760. The van der Waals surface area contributed by atoms with Crippen LogP contribution < -0.4 is 14.9 Å². The Balaban J connectivity index is 1.95. The molecule has 0 fully saturated rings. The van der Waals surface area contributed by atoms with Crippen molar-refractivity contribution < 1.29 is 13.9 Å². The third-order valence-electron chi connectivity index (χ3n) is 4.20. The molecule has 0 spiro atoms. The zero-order valence-corrected chi connectivity index (χ0v) is 18.8. The maximum Gasteiger partial charge on any atom is 0.338 e. The van der Waals surface area contributed by atoms with Crippen molar-refractivity contribution in [2.24, 2.45) is 4.99 Å². The summed E-state index contributed by atoms with van der Waals surface area (Å²) in [6.07, 6.45) is 1.71. The number of thiazole rings is 1. The van der Waals surface area contributed by atoms with Crippen LogP contribution in [0.4, 0.5) is 0 Å². The molecule has 1 aliphatic heterocycles. The summed E-state index contributed by atoms with van der Waals surface area (Å²) in [5, 5.41) is 1.92. The summed E-state index contributed by atoms with van der Waals surface area (Å²) in [4.78, 5) is 31.9. The monoisotopic (exact) mass is 526 g/mol. The first-order valence-corrected chi connectivity index (χ1v) is 11.3. The molecular weight excluding hydrogens is 511 g/mol. The lowest BCUT2D eigenvalue weighted by molar-refractivity contribution is -0.139. The summed E-state index contributed by atoms with van der Waals surface area (Å²) >= 11 is 4.85. The number of hydrogen-bond donors (Lipinski definition) is 0. The van der Waals surface area contributed by atoms with Crippen LogP contribution in [0.15, 0.2) is 55.1 Å². The van der Waals surface area contributed by atoms with Crippen LogP contribution in [0, 0.1) is 3.77 Å². The van der Waals surface area contributed by atoms with Crippen molar-refractivity contribution in [1.29, 1.82) is 0 Å². The Bertz CT molecular complexity index is 1250. The highest BCUT2D eigenvalue weighted by Crippen LogP contribution is 2.33. The second-order valence-electron chi connectivity index (χ2n) is 5.96. The molecule has 0 saturated carbocycles. The molecule has 0 unspecified atom stereocenters. The molecule has 0 aliphatic carbocycles. The minimum absolute atomic E-state index is 0.206. The van der Waals surface area contributed by atoms with E-state index < -0.39 is 12.0 Å². The van der Waals surface area contributed by atoms with Crippen LogP contribution in [0.25, 0.3) is 6.08 Å². The molecule has 144 valence electrons. The van der Waals surface area contributed by atoms with Crippen LogP contribution in [-0.4, -0.2) is 17.1 Å². The minimum atomic E-state index is -0.547. The van der Waals surface area contributed by atoms with Crippen LogP contribution in [0.5, 0.6) is 0 Å². The average molecular weight is 526 g/mol. The second-order valence-corrected chi connectivity index (χ2v) is 9.01. The number of furan rings is 1. The molecule has 0 saturated heterocycles. The molecule has 0 N–H and O–H groups in total. The number of nitrogens with zero attached hydrogens (tertiary/aromatic N) is 2. The molecule has 3 aromatic heterocycles. The van der Waals surface area contributed by atoms with Gasteiger partial charge in [0.2, 0.25) is 0 Å². The maximum atomic E-state index is 13.2. The van der Waals surface area contributed by atoms with Gasteiger partial charge < -0.3 is 9.15 Å². The highest BCUT2D eigenvalue weighted by atomic mass is 127. The molecule has 6 nitrogen and oxygen atoms in total. The number of aromatic nitrogens is 1.